The highest BCUT2D eigenvalue weighted by atomic mass is 32.3. The Bertz CT molecular complexity index is 380. The van der Waals surface area contributed by atoms with E-state index in [1.807, 2.05) is 0 Å². The van der Waals surface area contributed by atoms with E-state index in [0.717, 1.165) is 0 Å². The van der Waals surface area contributed by atoms with Crippen molar-refractivity contribution in [3.8, 4) is 0 Å². The molecule has 0 rings (SSSR count). The van der Waals surface area contributed by atoms with Crippen LogP contribution in [-0.4, -0.2) is 45.4 Å². The SMILES string of the molecule is [3H]CC(OF)C(CCO[3H])OC(F)C(F)(F)S(=O)(=O)F. The highest BCUT2D eigenvalue weighted by Crippen LogP contribution is 2.32. The van der Waals surface area contributed by atoms with Crippen LogP contribution in [0.1, 0.15) is 14.7 Å². The summed E-state index contributed by atoms with van der Waals surface area (Å²) in [6, 6.07) is 0. The first-order valence-electron chi connectivity index (χ1n) is 5.49. The van der Waals surface area contributed by atoms with Gasteiger partial charge in [-0.05, 0) is 17.8 Å². The average molecular weight is 306 g/mol. The van der Waals surface area contributed by atoms with Crippen molar-refractivity contribution in [3.63, 3.8) is 0 Å². The van der Waals surface area contributed by atoms with Gasteiger partial charge in [0.05, 0.1) is 6.10 Å². The topological polar surface area (TPSA) is 72.8 Å². The minimum absolute atomic E-state index is 0.537. The largest absolute Gasteiger partial charge is 0.428 e. The monoisotopic (exact) mass is 306 g/mol. The van der Waals surface area contributed by atoms with Crippen LogP contribution >= 0.6 is 0 Å². The van der Waals surface area contributed by atoms with Crippen LogP contribution in [0.3, 0.4) is 0 Å². The van der Waals surface area contributed by atoms with E-state index in [0.29, 0.717) is 0 Å². The standard InChI is InChI=1S/C7H11F5O5S/c1-4(17-11)5(2-3-13)16-6(8)7(9,10)18(12,14)15/h4-6,13H,2-3H2,1H3/i1T,13T. The molecule has 1 N–H and O–H groups in total. The fourth-order valence-electron chi connectivity index (χ4n) is 0.858. The normalized spacial score (nSPS) is 19.8. The molecule has 0 fully saturated rings. The molecule has 0 aliphatic carbocycles. The quantitative estimate of drug-likeness (QED) is 0.512. The van der Waals surface area contributed by atoms with E-state index in [1.54, 1.807) is 0 Å². The Morgan fingerprint density at radius 3 is 2.56 bits per heavy atom. The number of rotatable bonds is 9. The summed E-state index contributed by atoms with van der Waals surface area (Å²) in [5, 5.41) is -1.73. The second kappa shape index (κ2) is 6.59. The molecular formula is C7H11F5O5S. The molecule has 110 valence electrons. The van der Waals surface area contributed by atoms with E-state index in [-0.39, 0.29) is 0 Å². The molecule has 3 unspecified atom stereocenters. The Hall–Kier alpha value is -0.520. The number of aliphatic hydroxyl groups excluding tert-OH is 1. The summed E-state index contributed by atoms with van der Waals surface area (Å²) in [5.41, 5.74) is 0. The molecule has 0 saturated heterocycles. The number of aliphatic hydroxyl groups is 1. The number of alkyl halides is 3. The third-order valence-corrected chi connectivity index (χ3v) is 2.65. The van der Waals surface area contributed by atoms with Gasteiger partial charge in [0.2, 0.25) is 1.43 Å². The first-order chi connectivity index (χ1) is 9.11. The Kier molecular flexibility index (Phi) is 5.09. The predicted molar refractivity (Wildman–Crippen MR) is 48.1 cm³/mol. The lowest BCUT2D eigenvalue weighted by molar-refractivity contribution is -0.250. The molecule has 0 spiro atoms. The maximum atomic E-state index is 13.1. The maximum Gasteiger partial charge on any atom is 0.428 e. The van der Waals surface area contributed by atoms with E-state index in [4.69, 9.17) is 2.80 Å². The molecule has 3 atom stereocenters. The third kappa shape index (κ3) is 4.30. The Labute approximate surface area is 102 Å². The minimum Gasteiger partial charge on any atom is -0.396 e. The third-order valence-electron chi connectivity index (χ3n) is 1.82. The lowest BCUT2D eigenvalue weighted by Gasteiger charge is -2.25. The van der Waals surface area contributed by atoms with Gasteiger partial charge >= 0.3 is 15.5 Å². The van der Waals surface area contributed by atoms with Gasteiger partial charge in [-0.25, -0.2) is 4.39 Å². The molecule has 0 aliphatic rings. The van der Waals surface area contributed by atoms with Crippen molar-refractivity contribution < 1.29 is 46.2 Å². The van der Waals surface area contributed by atoms with Gasteiger partial charge < -0.3 is 9.85 Å². The number of ether oxygens (including phenoxy) is 1. The Morgan fingerprint density at radius 2 is 2.17 bits per heavy atom. The van der Waals surface area contributed by atoms with Crippen molar-refractivity contribution in [2.75, 3.05) is 6.61 Å². The van der Waals surface area contributed by atoms with Crippen molar-refractivity contribution in [1.82, 2.24) is 0 Å². The van der Waals surface area contributed by atoms with Crippen LogP contribution in [0, 0.1) is 0 Å². The van der Waals surface area contributed by atoms with Crippen LogP contribution in [-0.2, 0) is 19.9 Å². The van der Waals surface area contributed by atoms with E-state index < -0.39 is 54.0 Å². The van der Waals surface area contributed by atoms with Gasteiger partial charge in [-0.15, -0.1) is 0 Å². The summed E-state index contributed by atoms with van der Waals surface area (Å²) in [6.07, 6.45) is -8.25. The summed E-state index contributed by atoms with van der Waals surface area (Å²) < 4.78 is 100.0. The summed E-state index contributed by atoms with van der Waals surface area (Å²) in [7, 11) is -6.59. The summed E-state index contributed by atoms with van der Waals surface area (Å²) >= 11 is 0. The van der Waals surface area contributed by atoms with E-state index >= 15 is 0 Å². The number of halogens is 5. The smallest absolute Gasteiger partial charge is 0.396 e. The molecule has 0 amide bonds. The molecule has 0 aliphatic heterocycles. The van der Waals surface area contributed by atoms with Crippen molar-refractivity contribution in [2.24, 2.45) is 0 Å². The number of hydrogen-bond acceptors (Lipinski definition) is 5. The van der Waals surface area contributed by atoms with Gasteiger partial charge in [0.1, 0.15) is 6.10 Å². The van der Waals surface area contributed by atoms with E-state index in [1.165, 1.54) is 0 Å². The fourth-order valence-corrected chi connectivity index (χ4v) is 1.14. The average Bonchev–Trinajstić information content (AvgIpc) is 2.35. The lowest BCUT2D eigenvalue weighted by atomic mass is 10.2. The molecular weight excluding hydrogens is 291 g/mol. The van der Waals surface area contributed by atoms with Crippen molar-refractivity contribution in [2.45, 2.75) is 37.1 Å². The Morgan fingerprint density at radius 1 is 1.56 bits per heavy atom. The Balaban J connectivity index is 4.97. The molecule has 0 saturated carbocycles. The highest BCUT2D eigenvalue weighted by Gasteiger charge is 2.56. The molecule has 0 bridgehead atoms. The zero-order chi connectivity index (χ0) is 16.0. The summed E-state index contributed by atoms with van der Waals surface area (Å²) in [4.78, 5) is 3.17. The van der Waals surface area contributed by atoms with Crippen molar-refractivity contribution >= 4 is 10.2 Å². The van der Waals surface area contributed by atoms with Crippen LogP contribution in [0.15, 0.2) is 0 Å². The van der Waals surface area contributed by atoms with Gasteiger partial charge in [0.15, 0.2) is 0 Å². The molecule has 11 heteroatoms. The molecule has 0 heterocycles. The zero-order valence-electron chi connectivity index (χ0n) is 10.7. The van der Waals surface area contributed by atoms with E-state index in [2.05, 4.69) is 14.8 Å². The van der Waals surface area contributed by atoms with Gasteiger partial charge in [-0.3, -0.25) is 0 Å². The highest BCUT2D eigenvalue weighted by molar-refractivity contribution is 7.87. The first kappa shape index (κ1) is 13.9. The number of hydrogen-bond donors (Lipinski definition) is 1. The van der Waals surface area contributed by atoms with Gasteiger partial charge in [0, 0.05) is 7.98 Å². The summed E-state index contributed by atoms with van der Waals surface area (Å²) in [6.45, 7) is -1.43. The zero-order valence-corrected chi connectivity index (χ0v) is 9.51. The minimum atomic E-state index is -6.59. The van der Waals surface area contributed by atoms with Gasteiger partial charge in [-0.2, -0.15) is 22.1 Å². The summed E-state index contributed by atoms with van der Waals surface area (Å²) in [5.74, 6) is 0. The van der Waals surface area contributed by atoms with Crippen LogP contribution < -0.4 is 0 Å². The van der Waals surface area contributed by atoms with Crippen molar-refractivity contribution in [3.05, 3.63) is 0 Å². The van der Waals surface area contributed by atoms with Crippen LogP contribution in [0.5, 0.6) is 0 Å². The molecule has 0 radical (unpaired) electrons. The molecule has 18 heavy (non-hydrogen) atoms. The van der Waals surface area contributed by atoms with Crippen molar-refractivity contribution in [1.29, 1.82) is 1.43 Å². The van der Waals surface area contributed by atoms with Crippen LogP contribution in [0.2, 0.25) is 0 Å². The first-order valence-corrected chi connectivity index (χ1v) is 5.76. The lowest BCUT2D eigenvalue weighted by Crippen LogP contribution is -2.43. The molecule has 0 aromatic heterocycles. The second-order valence-electron chi connectivity index (χ2n) is 3.11. The van der Waals surface area contributed by atoms with Crippen LogP contribution in [0.4, 0.5) is 21.6 Å². The molecule has 5 nitrogen and oxygen atoms in total. The van der Waals surface area contributed by atoms with Gasteiger partial charge in [0.25, 0.3) is 6.36 Å². The fraction of sp³-hybridized carbons (Fsp3) is 1.00. The van der Waals surface area contributed by atoms with Crippen LogP contribution in [0.25, 0.3) is 0 Å². The second-order valence-corrected chi connectivity index (χ2v) is 4.53. The maximum absolute atomic E-state index is 13.1. The molecule has 0 aromatic carbocycles. The predicted octanol–water partition coefficient (Wildman–Crippen LogP) is 1.23. The van der Waals surface area contributed by atoms with Gasteiger partial charge in [-0.1, -0.05) is 3.89 Å². The van der Waals surface area contributed by atoms with E-state index in [9.17, 15) is 30.0 Å². The molecule has 0 aromatic rings.